The lowest BCUT2D eigenvalue weighted by molar-refractivity contribution is 0.0697. The predicted octanol–water partition coefficient (Wildman–Crippen LogP) is 3.29. The summed E-state index contributed by atoms with van der Waals surface area (Å²) in [5.74, 6) is 0.327. The Kier molecular flexibility index (Phi) is 2.73. The van der Waals surface area contributed by atoms with E-state index in [1.807, 2.05) is 25.2 Å². The molecule has 1 heterocycles. The van der Waals surface area contributed by atoms with E-state index in [2.05, 4.69) is 4.90 Å². The Hall–Kier alpha value is -1.97. The van der Waals surface area contributed by atoms with Gasteiger partial charge in [-0.2, -0.15) is 0 Å². The second-order valence-electron chi connectivity index (χ2n) is 5.34. The lowest BCUT2D eigenvalue weighted by Crippen LogP contribution is -2.19. The molecule has 1 aromatic carbocycles. The van der Waals surface area contributed by atoms with Gasteiger partial charge in [-0.1, -0.05) is 0 Å². The molecule has 4 heteroatoms. The number of rotatable bonds is 4. The maximum absolute atomic E-state index is 11.3. The summed E-state index contributed by atoms with van der Waals surface area (Å²) in [5, 5.41) is 9.95. The van der Waals surface area contributed by atoms with Gasteiger partial charge in [0.2, 0.25) is 0 Å². The molecular formula is C15H17NO3. The molecule has 0 atom stereocenters. The topological polar surface area (TPSA) is 53.7 Å². The maximum Gasteiger partial charge on any atom is 0.339 e. The molecule has 19 heavy (non-hydrogen) atoms. The van der Waals surface area contributed by atoms with Gasteiger partial charge in [0, 0.05) is 24.7 Å². The number of hydrogen-bond acceptors (Lipinski definition) is 3. The van der Waals surface area contributed by atoms with E-state index < -0.39 is 5.97 Å². The first-order valence-electron chi connectivity index (χ1n) is 6.54. The molecule has 1 aliphatic rings. The number of carboxylic acids is 1. The van der Waals surface area contributed by atoms with Crippen LogP contribution in [0, 0.1) is 12.8 Å². The zero-order valence-corrected chi connectivity index (χ0v) is 11.1. The van der Waals surface area contributed by atoms with E-state index in [1.54, 1.807) is 6.92 Å². The molecular weight excluding hydrogens is 242 g/mol. The number of anilines is 1. The molecule has 0 spiro atoms. The van der Waals surface area contributed by atoms with E-state index in [9.17, 15) is 9.90 Å². The van der Waals surface area contributed by atoms with Crippen molar-refractivity contribution in [2.24, 2.45) is 5.92 Å². The van der Waals surface area contributed by atoms with Crippen LogP contribution in [0.4, 0.5) is 5.69 Å². The van der Waals surface area contributed by atoms with Crippen molar-refractivity contribution in [2.45, 2.75) is 19.8 Å². The third kappa shape index (κ3) is 2.18. The van der Waals surface area contributed by atoms with E-state index in [1.165, 1.54) is 12.8 Å². The zero-order chi connectivity index (χ0) is 13.6. The first-order chi connectivity index (χ1) is 9.06. The summed E-state index contributed by atoms with van der Waals surface area (Å²) in [6.45, 7) is 2.72. The minimum Gasteiger partial charge on any atom is -0.478 e. The standard InChI is InChI=1S/C15H17NO3/c1-9-14(15(17)18)12-7-11(5-6-13(12)19-9)16(2)8-10-3-4-10/h5-7,10H,3-4,8H2,1-2H3,(H,17,18). The Morgan fingerprint density at radius 3 is 2.84 bits per heavy atom. The first-order valence-corrected chi connectivity index (χ1v) is 6.54. The molecule has 0 radical (unpaired) electrons. The van der Waals surface area contributed by atoms with Gasteiger partial charge in [-0.3, -0.25) is 0 Å². The fraction of sp³-hybridized carbons (Fsp3) is 0.400. The highest BCUT2D eigenvalue weighted by atomic mass is 16.4. The Labute approximate surface area is 111 Å². The summed E-state index contributed by atoms with van der Waals surface area (Å²) < 4.78 is 5.49. The number of nitrogens with zero attached hydrogens (tertiary/aromatic N) is 1. The molecule has 1 saturated carbocycles. The number of carboxylic acid groups (broad SMARTS) is 1. The number of carbonyl (C=O) groups is 1. The summed E-state index contributed by atoms with van der Waals surface area (Å²) in [5.41, 5.74) is 1.96. The second kappa shape index (κ2) is 4.30. The Bertz CT molecular complexity index is 640. The molecule has 1 aromatic heterocycles. The van der Waals surface area contributed by atoms with Gasteiger partial charge in [0.05, 0.1) is 0 Å². The van der Waals surface area contributed by atoms with E-state index in [-0.39, 0.29) is 5.56 Å². The smallest absolute Gasteiger partial charge is 0.339 e. The van der Waals surface area contributed by atoms with Gasteiger partial charge >= 0.3 is 5.97 Å². The number of aromatic carboxylic acids is 1. The van der Waals surface area contributed by atoms with Gasteiger partial charge in [-0.25, -0.2) is 4.79 Å². The van der Waals surface area contributed by atoms with E-state index in [0.29, 0.717) is 16.7 Å². The molecule has 0 amide bonds. The molecule has 1 aliphatic carbocycles. The van der Waals surface area contributed by atoms with E-state index in [0.717, 1.165) is 18.2 Å². The molecule has 2 aromatic rings. The predicted molar refractivity (Wildman–Crippen MR) is 73.9 cm³/mol. The zero-order valence-electron chi connectivity index (χ0n) is 11.1. The highest BCUT2D eigenvalue weighted by molar-refractivity contribution is 6.04. The molecule has 0 saturated heterocycles. The number of hydrogen-bond donors (Lipinski definition) is 1. The van der Waals surface area contributed by atoms with Crippen LogP contribution in [0.25, 0.3) is 11.0 Å². The molecule has 4 nitrogen and oxygen atoms in total. The highest BCUT2D eigenvalue weighted by Gasteiger charge is 2.24. The Morgan fingerprint density at radius 1 is 1.47 bits per heavy atom. The van der Waals surface area contributed by atoms with Gasteiger partial charge in [0.25, 0.3) is 0 Å². The van der Waals surface area contributed by atoms with E-state index >= 15 is 0 Å². The highest BCUT2D eigenvalue weighted by Crippen LogP contribution is 2.33. The third-order valence-electron chi connectivity index (χ3n) is 3.73. The van der Waals surface area contributed by atoms with Gasteiger partial charge < -0.3 is 14.4 Å². The third-order valence-corrected chi connectivity index (χ3v) is 3.73. The second-order valence-corrected chi connectivity index (χ2v) is 5.34. The summed E-state index contributed by atoms with van der Waals surface area (Å²) in [6.07, 6.45) is 2.61. The largest absolute Gasteiger partial charge is 0.478 e. The van der Waals surface area contributed by atoms with Crippen LogP contribution in [0.1, 0.15) is 29.0 Å². The minimum atomic E-state index is -0.932. The van der Waals surface area contributed by atoms with Crippen molar-refractivity contribution in [2.75, 3.05) is 18.5 Å². The van der Waals surface area contributed by atoms with Crippen molar-refractivity contribution >= 4 is 22.6 Å². The van der Waals surface area contributed by atoms with Crippen LogP contribution < -0.4 is 4.90 Å². The minimum absolute atomic E-state index is 0.275. The summed E-state index contributed by atoms with van der Waals surface area (Å²) >= 11 is 0. The SMILES string of the molecule is Cc1oc2ccc(N(C)CC3CC3)cc2c1C(=O)O. The summed E-state index contributed by atoms with van der Waals surface area (Å²) in [7, 11) is 2.05. The van der Waals surface area contributed by atoms with Gasteiger partial charge in [0.15, 0.2) is 0 Å². The quantitative estimate of drug-likeness (QED) is 0.915. The average molecular weight is 259 g/mol. The van der Waals surface area contributed by atoms with Gasteiger partial charge in [-0.15, -0.1) is 0 Å². The van der Waals surface area contributed by atoms with Crippen LogP contribution >= 0.6 is 0 Å². The normalized spacial score (nSPS) is 14.8. The first kappa shape index (κ1) is 12.1. The van der Waals surface area contributed by atoms with Crippen LogP contribution in [0.15, 0.2) is 22.6 Å². The van der Waals surface area contributed by atoms with Crippen molar-refractivity contribution in [1.29, 1.82) is 0 Å². The fourth-order valence-electron chi connectivity index (χ4n) is 2.50. The number of furan rings is 1. The molecule has 0 aliphatic heterocycles. The lowest BCUT2D eigenvalue weighted by atomic mass is 10.1. The molecule has 3 rings (SSSR count). The lowest BCUT2D eigenvalue weighted by Gasteiger charge is -2.18. The summed E-state index contributed by atoms with van der Waals surface area (Å²) in [4.78, 5) is 13.5. The Morgan fingerprint density at radius 2 is 2.21 bits per heavy atom. The van der Waals surface area contributed by atoms with Crippen LogP contribution in [0.2, 0.25) is 0 Å². The van der Waals surface area contributed by atoms with Gasteiger partial charge in [-0.05, 0) is 43.9 Å². The monoisotopic (exact) mass is 259 g/mol. The molecule has 0 bridgehead atoms. The van der Waals surface area contributed by atoms with E-state index in [4.69, 9.17) is 4.42 Å². The molecule has 100 valence electrons. The molecule has 1 fully saturated rings. The van der Waals surface area contributed by atoms with Crippen molar-refractivity contribution < 1.29 is 14.3 Å². The number of benzene rings is 1. The van der Waals surface area contributed by atoms with Crippen LogP contribution in [0.3, 0.4) is 0 Å². The summed E-state index contributed by atoms with van der Waals surface area (Å²) in [6, 6.07) is 5.75. The molecule has 0 unspecified atom stereocenters. The number of fused-ring (bicyclic) bond motifs is 1. The number of aryl methyl sites for hydroxylation is 1. The average Bonchev–Trinajstić information content (AvgIpc) is 3.08. The van der Waals surface area contributed by atoms with Crippen molar-refractivity contribution in [3.8, 4) is 0 Å². The van der Waals surface area contributed by atoms with Crippen LogP contribution in [-0.4, -0.2) is 24.7 Å². The molecule has 1 N–H and O–H groups in total. The Balaban J connectivity index is 2.02. The van der Waals surface area contributed by atoms with Crippen LogP contribution in [-0.2, 0) is 0 Å². The maximum atomic E-state index is 11.3. The van der Waals surface area contributed by atoms with Crippen LogP contribution in [0.5, 0.6) is 0 Å². The van der Waals surface area contributed by atoms with Crippen molar-refractivity contribution in [3.63, 3.8) is 0 Å². The van der Waals surface area contributed by atoms with Crippen molar-refractivity contribution in [3.05, 3.63) is 29.5 Å². The van der Waals surface area contributed by atoms with Gasteiger partial charge in [0.1, 0.15) is 16.9 Å². The fourth-order valence-corrected chi connectivity index (χ4v) is 2.50. The van der Waals surface area contributed by atoms with Crippen molar-refractivity contribution in [1.82, 2.24) is 0 Å².